The van der Waals surface area contributed by atoms with Gasteiger partial charge in [-0.1, -0.05) is 23.7 Å². The SMILES string of the molecule is CCOC(=O)/C(C#N)=C/c1ccc(Oc2ccc(Cl)cc2[N+](=O)[O-])cc1. The average molecular weight is 373 g/mol. The van der Waals surface area contributed by atoms with E-state index in [9.17, 15) is 14.9 Å². The number of hydrogen-bond acceptors (Lipinski definition) is 6. The normalized spacial score (nSPS) is 10.7. The second kappa shape index (κ2) is 8.65. The maximum Gasteiger partial charge on any atom is 0.348 e. The van der Waals surface area contributed by atoms with Gasteiger partial charge in [-0.05, 0) is 42.8 Å². The summed E-state index contributed by atoms with van der Waals surface area (Å²) in [5.41, 5.74) is 0.192. The minimum absolute atomic E-state index is 0.0481. The van der Waals surface area contributed by atoms with Crippen LogP contribution in [0.15, 0.2) is 48.0 Å². The van der Waals surface area contributed by atoms with Crippen LogP contribution in [0.4, 0.5) is 5.69 Å². The monoisotopic (exact) mass is 372 g/mol. The smallest absolute Gasteiger partial charge is 0.348 e. The predicted molar refractivity (Wildman–Crippen MR) is 94.8 cm³/mol. The van der Waals surface area contributed by atoms with Crippen molar-refractivity contribution in [1.29, 1.82) is 5.26 Å². The molecule has 0 aliphatic rings. The molecule has 2 rings (SSSR count). The molecule has 7 nitrogen and oxygen atoms in total. The molecule has 0 amide bonds. The second-order valence-electron chi connectivity index (χ2n) is 4.93. The van der Waals surface area contributed by atoms with Gasteiger partial charge in [0.25, 0.3) is 0 Å². The molecule has 0 atom stereocenters. The molecule has 8 heteroatoms. The van der Waals surface area contributed by atoms with Crippen molar-refractivity contribution in [2.24, 2.45) is 0 Å². The highest BCUT2D eigenvalue weighted by Crippen LogP contribution is 2.33. The summed E-state index contributed by atoms with van der Waals surface area (Å²) < 4.78 is 10.3. The number of nitro groups is 1. The lowest BCUT2D eigenvalue weighted by atomic mass is 10.1. The molecule has 0 aliphatic carbocycles. The van der Waals surface area contributed by atoms with Crippen LogP contribution in [0.3, 0.4) is 0 Å². The van der Waals surface area contributed by atoms with E-state index in [1.807, 2.05) is 0 Å². The van der Waals surface area contributed by atoms with E-state index in [4.69, 9.17) is 26.3 Å². The molecule has 0 saturated carbocycles. The number of carbonyl (C=O) groups is 1. The van der Waals surface area contributed by atoms with Crippen LogP contribution >= 0.6 is 11.6 Å². The van der Waals surface area contributed by atoms with Crippen molar-refractivity contribution in [2.45, 2.75) is 6.92 Å². The summed E-state index contributed by atoms with van der Waals surface area (Å²) in [4.78, 5) is 22.1. The Morgan fingerprint density at radius 2 is 2.00 bits per heavy atom. The van der Waals surface area contributed by atoms with E-state index in [0.29, 0.717) is 11.3 Å². The maximum absolute atomic E-state index is 11.6. The Morgan fingerprint density at radius 1 is 1.31 bits per heavy atom. The molecule has 0 radical (unpaired) electrons. The third kappa shape index (κ3) is 4.82. The molecule has 0 unspecified atom stereocenters. The van der Waals surface area contributed by atoms with E-state index in [-0.39, 0.29) is 28.6 Å². The third-order valence-electron chi connectivity index (χ3n) is 3.15. The molecule has 0 fully saturated rings. The molecular formula is C18H13ClN2O5. The number of esters is 1. The zero-order valence-corrected chi connectivity index (χ0v) is 14.4. The first-order valence-corrected chi connectivity index (χ1v) is 7.83. The number of nitriles is 1. The molecule has 0 heterocycles. The minimum Gasteiger partial charge on any atom is -0.462 e. The summed E-state index contributed by atoms with van der Waals surface area (Å²) in [5.74, 6) is -0.304. The van der Waals surface area contributed by atoms with Crippen molar-refractivity contribution in [2.75, 3.05) is 6.61 Å². The van der Waals surface area contributed by atoms with Gasteiger partial charge >= 0.3 is 11.7 Å². The first-order valence-electron chi connectivity index (χ1n) is 7.45. The molecular weight excluding hydrogens is 360 g/mol. The van der Waals surface area contributed by atoms with Crippen LogP contribution in [-0.2, 0) is 9.53 Å². The molecule has 0 spiro atoms. The largest absolute Gasteiger partial charge is 0.462 e. The highest BCUT2D eigenvalue weighted by Gasteiger charge is 2.16. The average Bonchev–Trinajstić information content (AvgIpc) is 2.62. The number of nitro benzene ring substituents is 1. The number of hydrogen-bond donors (Lipinski definition) is 0. The highest BCUT2D eigenvalue weighted by molar-refractivity contribution is 6.30. The fraction of sp³-hybridized carbons (Fsp3) is 0.111. The van der Waals surface area contributed by atoms with Gasteiger partial charge in [0.15, 0.2) is 0 Å². The zero-order valence-electron chi connectivity index (χ0n) is 13.6. The van der Waals surface area contributed by atoms with Crippen molar-refractivity contribution in [3.8, 4) is 17.6 Å². The van der Waals surface area contributed by atoms with E-state index < -0.39 is 10.9 Å². The van der Waals surface area contributed by atoms with E-state index in [1.54, 1.807) is 37.3 Å². The molecule has 0 N–H and O–H groups in total. The van der Waals surface area contributed by atoms with Gasteiger partial charge in [-0.2, -0.15) is 5.26 Å². The van der Waals surface area contributed by atoms with Crippen molar-refractivity contribution in [3.63, 3.8) is 0 Å². The van der Waals surface area contributed by atoms with Gasteiger partial charge in [-0.3, -0.25) is 10.1 Å². The number of nitrogens with zero attached hydrogens (tertiary/aromatic N) is 2. The first-order chi connectivity index (χ1) is 12.4. The Bertz CT molecular complexity index is 901. The summed E-state index contributed by atoms with van der Waals surface area (Å²) in [6, 6.07) is 12.2. The maximum atomic E-state index is 11.6. The van der Waals surface area contributed by atoms with Gasteiger partial charge in [0, 0.05) is 11.1 Å². The number of carbonyl (C=O) groups excluding carboxylic acids is 1. The zero-order chi connectivity index (χ0) is 19.1. The number of benzene rings is 2. The Hall–Kier alpha value is -3.37. The number of halogens is 1. The van der Waals surface area contributed by atoms with Crippen LogP contribution in [0.2, 0.25) is 5.02 Å². The fourth-order valence-corrected chi connectivity index (χ4v) is 2.16. The number of ether oxygens (including phenoxy) is 2. The lowest BCUT2D eigenvalue weighted by Gasteiger charge is -2.07. The van der Waals surface area contributed by atoms with Crippen molar-refractivity contribution < 1.29 is 19.2 Å². The van der Waals surface area contributed by atoms with Crippen LogP contribution in [0.25, 0.3) is 6.08 Å². The Morgan fingerprint density at radius 3 is 2.58 bits per heavy atom. The quantitative estimate of drug-likeness (QED) is 0.243. The van der Waals surface area contributed by atoms with Gasteiger partial charge in [0.1, 0.15) is 17.4 Å². The van der Waals surface area contributed by atoms with Gasteiger partial charge in [0.2, 0.25) is 5.75 Å². The van der Waals surface area contributed by atoms with Gasteiger partial charge < -0.3 is 9.47 Å². The summed E-state index contributed by atoms with van der Waals surface area (Å²) in [7, 11) is 0. The Balaban J connectivity index is 2.22. The van der Waals surface area contributed by atoms with Gasteiger partial charge in [0.05, 0.1) is 11.5 Å². The number of rotatable bonds is 6. The van der Waals surface area contributed by atoms with E-state index in [0.717, 1.165) is 0 Å². The predicted octanol–water partition coefficient (Wildman–Crippen LogP) is 4.51. The summed E-state index contributed by atoms with van der Waals surface area (Å²) in [5, 5.41) is 20.3. The van der Waals surface area contributed by atoms with Crippen LogP contribution in [0.5, 0.6) is 11.5 Å². The van der Waals surface area contributed by atoms with E-state index in [2.05, 4.69) is 0 Å². The van der Waals surface area contributed by atoms with Crippen molar-refractivity contribution >= 4 is 29.3 Å². The highest BCUT2D eigenvalue weighted by atomic mass is 35.5. The van der Waals surface area contributed by atoms with Crippen LogP contribution in [0.1, 0.15) is 12.5 Å². The molecule has 2 aromatic rings. The fourth-order valence-electron chi connectivity index (χ4n) is 1.99. The lowest BCUT2D eigenvalue weighted by molar-refractivity contribution is -0.385. The van der Waals surface area contributed by atoms with Gasteiger partial charge in [-0.25, -0.2) is 4.79 Å². The summed E-state index contributed by atoms with van der Waals surface area (Å²) in [6.07, 6.45) is 1.38. The van der Waals surface area contributed by atoms with Crippen molar-refractivity contribution in [3.05, 3.63) is 68.7 Å². The van der Waals surface area contributed by atoms with Crippen LogP contribution < -0.4 is 4.74 Å². The van der Waals surface area contributed by atoms with E-state index >= 15 is 0 Å². The summed E-state index contributed by atoms with van der Waals surface area (Å²) in [6.45, 7) is 1.82. The molecule has 0 aromatic heterocycles. The third-order valence-corrected chi connectivity index (χ3v) is 3.39. The summed E-state index contributed by atoms with van der Waals surface area (Å²) >= 11 is 5.76. The van der Waals surface area contributed by atoms with Crippen LogP contribution in [-0.4, -0.2) is 17.5 Å². The van der Waals surface area contributed by atoms with Crippen LogP contribution in [0, 0.1) is 21.4 Å². The Labute approximate surface area is 154 Å². The first kappa shape index (κ1) is 19.0. The topological polar surface area (TPSA) is 102 Å². The Kier molecular flexibility index (Phi) is 6.31. The molecule has 2 aromatic carbocycles. The molecule has 132 valence electrons. The molecule has 0 aliphatic heterocycles. The lowest BCUT2D eigenvalue weighted by Crippen LogP contribution is -2.05. The van der Waals surface area contributed by atoms with Crippen molar-refractivity contribution in [1.82, 2.24) is 0 Å². The second-order valence-corrected chi connectivity index (χ2v) is 5.37. The molecule has 0 saturated heterocycles. The standard InChI is InChI=1S/C18H13ClN2O5/c1-2-25-18(22)13(11-20)9-12-3-6-15(7-4-12)26-17-8-5-14(19)10-16(17)21(23)24/h3-10H,2H2,1H3/b13-9+. The molecule has 0 bridgehead atoms. The van der Waals surface area contributed by atoms with Gasteiger partial charge in [-0.15, -0.1) is 0 Å². The van der Waals surface area contributed by atoms with E-state index in [1.165, 1.54) is 24.3 Å². The minimum atomic E-state index is -0.702. The molecule has 26 heavy (non-hydrogen) atoms.